The maximum absolute atomic E-state index is 12.0. The summed E-state index contributed by atoms with van der Waals surface area (Å²) in [6.07, 6.45) is 1.79. The van der Waals surface area contributed by atoms with E-state index in [1.807, 2.05) is 27.7 Å². The fourth-order valence-corrected chi connectivity index (χ4v) is 2.11. The summed E-state index contributed by atoms with van der Waals surface area (Å²) < 4.78 is 5.35. The Kier molecular flexibility index (Phi) is 14.9. The maximum Gasteiger partial charge on any atom is 0.410 e. The van der Waals surface area contributed by atoms with E-state index in [1.165, 1.54) is 0 Å². The molecule has 0 aromatic carbocycles. The summed E-state index contributed by atoms with van der Waals surface area (Å²) in [6, 6.07) is 0. The first-order chi connectivity index (χ1) is 10.7. The minimum absolute atomic E-state index is 0. The van der Waals surface area contributed by atoms with Gasteiger partial charge in [-0.1, -0.05) is 6.92 Å². The molecule has 0 saturated carbocycles. The summed E-state index contributed by atoms with van der Waals surface area (Å²) in [4.78, 5) is 18.1. The van der Waals surface area contributed by atoms with Crippen LogP contribution in [-0.4, -0.2) is 67.8 Å². The van der Waals surface area contributed by atoms with E-state index in [0.717, 1.165) is 24.8 Å². The molecular weight excluding hydrogens is 439 g/mol. The largest absolute Gasteiger partial charge is 0.444 e. The third kappa shape index (κ3) is 14.0. The summed E-state index contributed by atoms with van der Waals surface area (Å²) in [5.74, 6) is 2.12. The standard InChI is InChI=1S/C16H34N4O2S.HI/c1-8-17-14(18-9-10-23-7)19-11-13(2)12-20(6)15(21)22-16(3,4)5;/h13H,8-12H2,1-7H3,(H2,17,18,19);1H. The van der Waals surface area contributed by atoms with Gasteiger partial charge in [0, 0.05) is 39.0 Å². The van der Waals surface area contributed by atoms with Crippen molar-refractivity contribution in [2.24, 2.45) is 10.9 Å². The number of ether oxygens (including phenoxy) is 1. The number of carbonyl (C=O) groups is 1. The summed E-state index contributed by atoms with van der Waals surface area (Å²) in [5, 5.41) is 6.53. The second kappa shape index (κ2) is 13.9. The number of thioether (sulfide) groups is 1. The highest BCUT2D eigenvalue weighted by atomic mass is 127. The number of hydrogen-bond donors (Lipinski definition) is 2. The van der Waals surface area contributed by atoms with Crippen LogP contribution in [0.4, 0.5) is 4.79 Å². The zero-order chi connectivity index (χ0) is 17.9. The van der Waals surface area contributed by atoms with Crippen LogP contribution in [0.25, 0.3) is 0 Å². The molecule has 0 aliphatic heterocycles. The summed E-state index contributed by atoms with van der Waals surface area (Å²) >= 11 is 1.80. The van der Waals surface area contributed by atoms with Crippen molar-refractivity contribution in [3.05, 3.63) is 0 Å². The molecule has 6 nitrogen and oxygen atoms in total. The predicted molar refractivity (Wildman–Crippen MR) is 116 cm³/mol. The number of aliphatic imine (C=N–C) groups is 1. The quantitative estimate of drug-likeness (QED) is 0.245. The van der Waals surface area contributed by atoms with Gasteiger partial charge in [0.25, 0.3) is 0 Å². The van der Waals surface area contributed by atoms with E-state index >= 15 is 0 Å². The molecule has 0 aromatic heterocycles. The van der Waals surface area contributed by atoms with Gasteiger partial charge in [-0.15, -0.1) is 24.0 Å². The van der Waals surface area contributed by atoms with Crippen molar-refractivity contribution in [3.8, 4) is 0 Å². The van der Waals surface area contributed by atoms with E-state index in [-0.39, 0.29) is 36.0 Å². The van der Waals surface area contributed by atoms with E-state index in [9.17, 15) is 4.79 Å². The molecule has 0 bridgehead atoms. The van der Waals surface area contributed by atoms with Crippen molar-refractivity contribution in [1.82, 2.24) is 15.5 Å². The summed E-state index contributed by atoms with van der Waals surface area (Å²) in [7, 11) is 1.76. The molecule has 144 valence electrons. The van der Waals surface area contributed by atoms with Crippen LogP contribution >= 0.6 is 35.7 Å². The first kappa shape index (κ1) is 25.9. The number of halogens is 1. The lowest BCUT2D eigenvalue weighted by atomic mass is 10.2. The Labute approximate surface area is 169 Å². The fourth-order valence-electron chi connectivity index (χ4n) is 1.80. The van der Waals surface area contributed by atoms with Crippen LogP contribution in [0.5, 0.6) is 0 Å². The highest BCUT2D eigenvalue weighted by molar-refractivity contribution is 14.0. The second-order valence-corrected chi connectivity index (χ2v) is 7.59. The van der Waals surface area contributed by atoms with Gasteiger partial charge in [0.05, 0.1) is 0 Å². The van der Waals surface area contributed by atoms with Crippen molar-refractivity contribution < 1.29 is 9.53 Å². The van der Waals surface area contributed by atoms with E-state index in [0.29, 0.717) is 13.1 Å². The Morgan fingerprint density at radius 2 is 1.96 bits per heavy atom. The van der Waals surface area contributed by atoms with Crippen LogP contribution in [0.2, 0.25) is 0 Å². The third-order valence-corrected chi connectivity index (χ3v) is 3.41. The molecular formula is C16H35IN4O2S. The number of nitrogens with one attached hydrogen (secondary N) is 2. The Morgan fingerprint density at radius 1 is 1.33 bits per heavy atom. The molecule has 0 aromatic rings. The topological polar surface area (TPSA) is 66.0 Å². The van der Waals surface area contributed by atoms with Crippen LogP contribution < -0.4 is 10.6 Å². The first-order valence-electron chi connectivity index (χ1n) is 8.14. The van der Waals surface area contributed by atoms with Gasteiger partial charge in [-0.25, -0.2) is 4.79 Å². The van der Waals surface area contributed by atoms with Crippen LogP contribution in [-0.2, 0) is 4.74 Å². The zero-order valence-corrected chi connectivity index (χ0v) is 19.3. The van der Waals surface area contributed by atoms with Crippen molar-refractivity contribution in [1.29, 1.82) is 0 Å². The predicted octanol–water partition coefficient (Wildman–Crippen LogP) is 3.03. The summed E-state index contributed by atoms with van der Waals surface area (Å²) in [5.41, 5.74) is -0.466. The Morgan fingerprint density at radius 3 is 2.46 bits per heavy atom. The van der Waals surface area contributed by atoms with Gasteiger partial charge in [0.2, 0.25) is 0 Å². The van der Waals surface area contributed by atoms with Crippen LogP contribution in [0.15, 0.2) is 4.99 Å². The molecule has 0 aliphatic carbocycles. The van der Waals surface area contributed by atoms with Crippen molar-refractivity contribution >= 4 is 47.8 Å². The van der Waals surface area contributed by atoms with Crippen LogP contribution in [0.3, 0.4) is 0 Å². The van der Waals surface area contributed by atoms with Crippen LogP contribution in [0, 0.1) is 5.92 Å². The molecule has 2 N–H and O–H groups in total. The number of carbonyl (C=O) groups excluding carboxylic acids is 1. The molecule has 1 unspecified atom stereocenters. The molecule has 24 heavy (non-hydrogen) atoms. The van der Waals surface area contributed by atoms with Gasteiger partial charge in [0.1, 0.15) is 5.60 Å². The van der Waals surface area contributed by atoms with Gasteiger partial charge in [0.15, 0.2) is 5.96 Å². The molecule has 0 spiro atoms. The Hall–Kier alpha value is -0.380. The number of rotatable bonds is 8. The van der Waals surface area contributed by atoms with E-state index in [4.69, 9.17) is 4.74 Å². The second-order valence-electron chi connectivity index (χ2n) is 6.61. The van der Waals surface area contributed by atoms with Crippen molar-refractivity contribution in [2.75, 3.05) is 45.2 Å². The molecule has 1 amide bonds. The minimum Gasteiger partial charge on any atom is -0.444 e. The normalized spacial score (nSPS) is 12.9. The Balaban J connectivity index is 0. The Bertz CT molecular complexity index is 376. The lowest BCUT2D eigenvalue weighted by Crippen LogP contribution is -2.39. The van der Waals surface area contributed by atoms with E-state index < -0.39 is 5.60 Å². The first-order valence-corrected chi connectivity index (χ1v) is 9.54. The van der Waals surface area contributed by atoms with Crippen molar-refractivity contribution in [2.45, 2.75) is 40.2 Å². The minimum atomic E-state index is -0.466. The maximum atomic E-state index is 12.0. The number of guanidine groups is 1. The number of hydrogen-bond acceptors (Lipinski definition) is 4. The highest BCUT2D eigenvalue weighted by Crippen LogP contribution is 2.10. The van der Waals surface area contributed by atoms with Crippen molar-refractivity contribution in [3.63, 3.8) is 0 Å². The van der Waals surface area contributed by atoms with Gasteiger partial charge < -0.3 is 20.3 Å². The molecule has 0 radical (unpaired) electrons. The van der Waals surface area contributed by atoms with Gasteiger partial charge in [-0.2, -0.15) is 11.8 Å². The molecule has 0 saturated heterocycles. The molecule has 1 atom stereocenters. The average Bonchev–Trinajstić information content (AvgIpc) is 2.43. The molecule has 0 fully saturated rings. The van der Waals surface area contributed by atoms with Gasteiger partial charge in [-0.3, -0.25) is 4.99 Å². The van der Waals surface area contributed by atoms with Gasteiger partial charge >= 0.3 is 6.09 Å². The summed E-state index contributed by atoms with van der Waals surface area (Å²) in [6.45, 7) is 12.7. The SMILES string of the molecule is CCNC(=NCC(C)CN(C)C(=O)OC(C)(C)C)NCCSC.I. The highest BCUT2D eigenvalue weighted by Gasteiger charge is 2.20. The fraction of sp³-hybridized carbons (Fsp3) is 0.875. The van der Waals surface area contributed by atoms with Gasteiger partial charge in [-0.05, 0) is 39.9 Å². The molecule has 8 heteroatoms. The molecule has 0 heterocycles. The lowest BCUT2D eigenvalue weighted by Gasteiger charge is -2.26. The van der Waals surface area contributed by atoms with E-state index in [1.54, 1.807) is 23.7 Å². The smallest absolute Gasteiger partial charge is 0.410 e. The lowest BCUT2D eigenvalue weighted by molar-refractivity contribution is 0.0279. The van der Waals surface area contributed by atoms with Crippen LogP contribution in [0.1, 0.15) is 34.6 Å². The number of nitrogens with zero attached hydrogens (tertiary/aromatic N) is 2. The third-order valence-electron chi connectivity index (χ3n) is 2.79. The number of amides is 1. The zero-order valence-electron chi connectivity index (χ0n) is 16.1. The molecule has 0 rings (SSSR count). The monoisotopic (exact) mass is 474 g/mol. The average molecular weight is 474 g/mol. The molecule has 0 aliphatic rings. The van der Waals surface area contributed by atoms with E-state index in [2.05, 4.69) is 28.8 Å².